The highest BCUT2D eigenvalue weighted by atomic mass is 16.5. The number of nitrogens with one attached hydrogen (secondary N) is 1. The summed E-state index contributed by atoms with van der Waals surface area (Å²) >= 11 is 0. The van der Waals surface area contributed by atoms with E-state index in [2.05, 4.69) is 69.4 Å². The summed E-state index contributed by atoms with van der Waals surface area (Å²) in [5.41, 5.74) is 3.98. The molecule has 2 aliphatic heterocycles. The van der Waals surface area contributed by atoms with Gasteiger partial charge in [0, 0.05) is 43.9 Å². The molecule has 2 aliphatic rings. The lowest BCUT2D eigenvalue weighted by Gasteiger charge is -2.48. The predicted molar refractivity (Wildman–Crippen MR) is 104 cm³/mol. The minimum absolute atomic E-state index is 0.397. The molecule has 0 amide bonds. The molecule has 2 saturated heterocycles. The maximum Gasteiger partial charge on any atom is 0.0664 e. The highest BCUT2D eigenvalue weighted by Crippen LogP contribution is 2.30. The molecule has 4 nitrogen and oxygen atoms in total. The first-order valence-electron chi connectivity index (χ1n) is 9.54. The number of hydrogen-bond acceptors (Lipinski definition) is 3. The summed E-state index contributed by atoms with van der Waals surface area (Å²) in [5, 5.41) is 1.30. The van der Waals surface area contributed by atoms with Crippen molar-refractivity contribution in [1.29, 1.82) is 0 Å². The third-order valence-electron chi connectivity index (χ3n) is 5.81. The van der Waals surface area contributed by atoms with E-state index in [0.717, 1.165) is 39.4 Å². The largest absolute Gasteiger partial charge is 0.378 e. The average Bonchev–Trinajstić information content (AvgIpc) is 3.16. The second kappa shape index (κ2) is 6.88. The smallest absolute Gasteiger partial charge is 0.0664 e. The lowest BCUT2D eigenvalue weighted by Crippen LogP contribution is -2.58. The molecular formula is C22H25N3O. The Morgan fingerprint density at radius 3 is 2.85 bits per heavy atom. The standard InChI is InChI=1S/C22H25N3O/c1-2-4-18(5-3-1)22-16-26-15-20-14-24(10-11-25(20)22)13-17-6-7-21-19(12-17)8-9-23-21/h1-9,12,20,22-23H,10-11,13-16H2/t20-,22-/m1/s1. The number of hydrogen-bond donors (Lipinski definition) is 1. The monoisotopic (exact) mass is 347 g/mol. The van der Waals surface area contributed by atoms with Crippen LogP contribution in [0.4, 0.5) is 0 Å². The van der Waals surface area contributed by atoms with Crippen LogP contribution in [0.1, 0.15) is 17.2 Å². The zero-order valence-electron chi connectivity index (χ0n) is 15.0. The van der Waals surface area contributed by atoms with Gasteiger partial charge in [-0.2, -0.15) is 0 Å². The molecule has 0 unspecified atom stereocenters. The van der Waals surface area contributed by atoms with Gasteiger partial charge < -0.3 is 9.72 Å². The fourth-order valence-electron chi connectivity index (χ4n) is 4.47. The van der Waals surface area contributed by atoms with Crippen LogP contribution in [-0.4, -0.2) is 53.7 Å². The van der Waals surface area contributed by atoms with Crippen LogP contribution in [0.2, 0.25) is 0 Å². The maximum atomic E-state index is 5.98. The van der Waals surface area contributed by atoms with Crippen molar-refractivity contribution in [2.45, 2.75) is 18.6 Å². The van der Waals surface area contributed by atoms with Crippen molar-refractivity contribution in [3.05, 3.63) is 71.9 Å². The van der Waals surface area contributed by atoms with Gasteiger partial charge in [0.1, 0.15) is 0 Å². The molecule has 1 N–H and O–H groups in total. The van der Waals surface area contributed by atoms with E-state index in [4.69, 9.17) is 4.74 Å². The van der Waals surface area contributed by atoms with Crippen molar-refractivity contribution in [2.24, 2.45) is 0 Å². The van der Waals surface area contributed by atoms with Crippen LogP contribution in [0.3, 0.4) is 0 Å². The number of nitrogens with zero attached hydrogens (tertiary/aromatic N) is 2. The first-order chi connectivity index (χ1) is 12.9. The van der Waals surface area contributed by atoms with E-state index >= 15 is 0 Å². The van der Waals surface area contributed by atoms with Gasteiger partial charge >= 0.3 is 0 Å². The molecule has 0 bridgehead atoms. The normalized spacial score (nSPS) is 24.6. The summed E-state index contributed by atoms with van der Waals surface area (Å²) in [4.78, 5) is 8.50. The Morgan fingerprint density at radius 2 is 1.92 bits per heavy atom. The molecule has 0 radical (unpaired) electrons. The maximum absolute atomic E-state index is 5.98. The summed E-state index contributed by atoms with van der Waals surface area (Å²) in [6, 6.07) is 20.6. The van der Waals surface area contributed by atoms with Crippen LogP contribution >= 0.6 is 0 Å². The molecule has 3 heterocycles. The van der Waals surface area contributed by atoms with Gasteiger partial charge in [-0.25, -0.2) is 0 Å². The SMILES string of the molecule is c1ccc([C@H]2COC[C@H]3CN(Cc4ccc5[nH]ccc5c4)CCN32)cc1. The number of ether oxygens (including phenoxy) is 1. The molecular weight excluding hydrogens is 322 g/mol. The molecule has 1 aromatic heterocycles. The van der Waals surface area contributed by atoms with E-state index < -0.39 is 0 Å². The Labute approximate surface area is 154 Å². The first kappa shape index (κ1) is 16.1. The fourth-order valence-corrected chi connectivity index (χ4v) is 4.47. The highest BCUT2D eigenvalue weighted by Gasteiger charge is 2.36. The minimum Gasteiger partial charge on any atom is -0.378 e. The van der Waals surface area contributed by atoms with Gasteiger partial charge in [-0.05, 0) is 34.7 Å². The summed E-state index contributed by atoms with van der Waals surface area (Å²) in [5.74, 6) is 0. The van der Waals surface area contributed by atoms with Gasteiger partial charge in [0.15, 0.2) is 0 Å². The molecule has 0 aliphatic carbocycles. The Morgan fingerprint density at radius 1 is 1.00 bits per heavy atom. The highest BCUT2D eigenvalue weighted by molar-refractivity contribution is 5.79. The zero-order valence-corrected chi connectivity index (χ0v) is 15.0. The Hall–Kier alpha value is -2.14. The van der Waals surface area contributed by atoms with E-state index in [-0.39, 0.29) is 0 Å². The molecule has 0 spiro atoms. The number of piperazine rings is 1. The van der Waals surface area contributed by atoms with Crippen molar-refractivity contribution in [1.82, 2.24) is 14.8 Å². The molecule has 134 valence electrons. The van der Waals surface area contributed by atoms with Gasteiger partial charge in [-0.1, -0.05) is 36.4 Å². The molecule has 0 saturated carbocycles. The van der Waals surface area contributed by atoms with Crippen molar-refractivity contribution in [2.75, 3.05) is 32.8 Å². The summed E-state index contributed by atoms with van der Waals surface area (Å²) < 4.78 is 5.98. The second-order valence-electron chi connectivity index (χ2n) is 7.49. The van der Waals surface area contributed by atoms with Gasteiger partial charge in [0.2, 0.25) is 0 Å². The van der Waals surface area contributed by atoms with Crippen molar-refractivity contribution in [3.63, 3.8) is 0 Å². The fraction of sp³-hybridized carbons (Fsp3) is 0.364. The average molecular weight is 347 g/mol. The molecule has 4 heteroatoms. The number of morpholine rings is 1. The topological polar surface area (TPSA) is 31.5 Å². The molecule has 2 atom stereocenters. The van der Waals surface area contributed by atoms with Crippen LogP contribution in [0.5, 0.6) is 0 Å². The van der Waals surface area contributed by atoms with E-state index in [9.17, 15) is 0 Å². The molecule has 26 heavy (non-hydrogen) atoms. The predicted octanol–water partition coefficient (Wildman–Crippen LogP) is 3.43. The van der Waals surface area contributed by atoms with Crippen LogP contribution < -0.4 is 0 Å². The van der Waals surface area contributed by atoms with Crippen molar-refractivity contribution in [3.8, 4) is 0 Å². The zero-order chi connectivity index (χ0) is 17.3. The summed E-state index contributed by atoms with van der Waals surface area (Å²) in [7, 11) is 0. The van der Waals surface area contributed by atoms with Gasteiger partial charge in [0.25, 0.3) is 0 Å². The molecule has 2 aromatic carbocycles. The number of H-pyrrole nitrogens is 1. The van der Waals surface area contributed by atoms with Crippen molar-refractivity contribution < 1.29 is 4.74 Å². The second-order valence-corrected chi connectivity index (χ2v) is 7.49. The Bertz CT molecular complexity index is 875. The number of benzene rings is 2. The Balaban J connectivity index is 1.29. The van der Waals surface area contributed by atoms with Crippen LogP contribution in [0.15, 0.2) is 60.8 Å². The van der Waals surface area contributed by atoms with E-state index in [1.807, 2.05) is 6.20 Å². The minimum atomic E-state index is 0.397. The van der Waals surface area contributed by atoms with E-state index in [1.165, 1.54) is 22.0 Å². The number of rotatable bonds is 3. The van der Waals surface area contributed by atoms with Gasteiger partial charge in [0.05, 0.1) is 19.3 Å². The lowest BCUT2D eigenvalue weighted by molar-refractivity contribution is -0.0835. The number of aromatic nitrogens is 1. The number of fused-ring (bicyclic) bond motifs is 2. The first-order valence-corrected chi connectivity index (χ1v) is 9.54. The van der Waals surface area contributed by atoms with Crippen LogP contribution in [0.25, 0.3) is 10.9 Å². The van der Waals surface area contributed by atoms with Crippen molar-refractivity contribution >= 4 is 10.9 Å². The lowest BCUT2D eigenvalue weighted by atomic mass is 10.00. The third kappa shape index (κ3) is 3.05. The van der Waals surface area contributed by atoms with Crippen LogP contribution in [0, 0.1) is 0 Å². The number of aromatic amines is 1. The van der Waals surface area contributed by atoms with E-state index in [1.54, 1.807) is 0 Å². The summed E-state index contributed by atoms with van der Waals surface area (Å²) in [6.07, 6.45) is 2.01. The Kier molecular flexibility index (Phi) is 4.25. The van der Waals surface area contributed by atoms with E-state index in [0.29, 0.717) is 12.1 Å². The molecule has 5 rings (SSSR count). The molecule has 3 aromatic rings. The van der Waals surface area contributed by atoms with Gasteiger partial charge in [-0.15, -0.1) is 0 Å². The molecule has 2 fully saturated rings. The third-order valence-corrected chi connectivity index (χ3v) is 5.81. The van der Waals surface area contributed by atoms with Crippen LogP contribution in [-0.2, 0) is 11.3 Å². The van der Waals surface area contributed by atoms with Gasteiger partial charge in [-0.3, -0.25) is 9.80 Å². The quantitative estimate of drug-likeness (QED) is 0.788. The summed E-state index contributed by atoms with van der Waals surface area (Å²) in [6.45, 7) is 5.97.